The van der Waals surface area contributed by atoms with Gasteiger partial charge >= 0.3 is 0 Å². The Morgan fingerprint density at radius 3 is 2.70 bits per heavy atom. The second-order valence-corrected chi connectivity index (χ2v) is 4.67. The van der Waals surface area contributed by atoms with Crippen molar-refractivity contribution >= 4 is 11.6 Å². The van der Waals surface area contributed by atoms with Gasteiger partial charge in [0.2, 0.25) is 0 Å². The zero-order valence-electron chi connectivity index (χ0n) is 11.7. The molecule has 0 spiro atoms. The summed E-state index contributed by atoms with van der Waals surface area (Å²) in [5.74, 6) is 1.89. The van der Waals surface area contributed by atoms with E-state index < -0.39 is 0 Å². The number of aromatic nitrogens is 1. The third-order valence-corrected chi connectivity index (χ3v) is 3.25. The van der Waals surface area contributed by atoms with Crippen molar-refractivity contribution in [2.45, 2.75) is 26.3 Å². The van der Waals surface area contributed by atoms with Crippen LogP contribution in [-0.2, 0) is 12.5 Å². The molecular weight excluding hydrogens is 274 g/mol. The van der Waals surface area contributed by atoms with E-state index in [9.17, 15) is 0 Å². The zero-order chi connectivity index (χ0) is 14.4. The molecule has 0 N–H and O–H groups in total. The predicted octanol–water partition coefficient (Wildman–Crippen LogP) is 4.11. The van der Waals surface area contributed by atoms with Crippen LogP contribution in [-0.4, -0.2) is 11.6 Å². The molecule has 0 saturated carbocycles. The first kappa shape index (κ1) is 14.7. The summed E-state index contributed by atoms with van der Waals surface area (Å²) in [4.78, 5) is 4.32. The van der Waals surface area contributed by atoms with E-state index in [-0.39, 0.29) is 0 Å². The fourth-order valence-electron chi connectivity index (χ4n) is 1.84. The molecule has 1 heterocycles. The van der Waals surface area contributed by atoms with E-state index in [0.29, 0.717) is 24.8 Å². The summed E-state index contributed by atoms with van der Waals surface area (Å²) in [5.41, 5.74) is 3.05. The lowest BCUT2D eigenvalue weighted by atomic mass is 10.2. The summed E-state index contributed by atoms with van der Waals surface area (Å²) < 4.78 is 11.4. The second kappa shape index (κ2) is 7.15. The predicted molar refractivity (Wildman–Crippen MR) is 80.5 cm³/mol. The summed E-state index contributed by atoms with van der Waals surface area (Å²) in [5, 5.41) is 0. The first-order valence-electron chi connectivity index (χ1n) is 6.59. The van der Waals surface area contributed by atoms with Gasteiger partial charge in [0.15, 0.2) is 11.5 Å². The molecule has 1 aromatic heterocycles. The van der Waals surface area contributed by atoms with Crippen molar-refractivity contribution in [3.63, 3.8) is 0 Å². The fraction of sp³-hybridized carbons (Fsp3) is 0.312. The Hall–Kier alpha value is -1.74. The number of benzene rings is 1. The van der Waals surface area contributed by atoms with Gasteiger partial charge in [0.25, 0.3) is 0 Å². The molecule has 0 aliphatic rings. The lowest BCUT2D eigenvalue weighted by molar-refractivity contribution is 0.266. The van der Waals surface area contributed by atoms with Gasteiger partial charge < -0.3 is 9.47 Å². The smallest absolute Gasteiger partial charge is 0.161 e. The standard InChI is InChI=1S/C16H18ClNO2/c1-3-19-16-9-13(10-17)6-7-15(16)20-11-14-12(2)5-4-8-18-14/h4-9H,3,10-11H2,1-2H3. The number of halogens is 1. The number of aryl methyl sites for hydroxylation is 1. The maximum Gasteiger partial charge on any atom is 0.161 e. The van der Waals surface area contributed by atoms with Crippen LogP contribution < -0.4 is 9.47 Å². The molecule has 0 aliphatic carbocycles. The van der Waals surface area contributed by atoms with Crippen molar-refractivity contribution in [1.29, 1.82) is 0 Å². The number of alkyl halides is 1. The van der Waals surface area contributed by atoms with Gasteiger partial charge in [-0.1, -0.05) is 12.1 Å². The lowest BCUT2D eigenvalue weighted by Crippen LogP contribution is -2.03. The molecule has 0 aliphatic heterocycles. The zero-order valence-corrected chi connectivity index (χ0v) is 12.5. The molecule has 3 nitrogen and oxygen atoms in total. The van der Waals surface area contributed by atoms with Gasteiger partial charge in [0, 0.05) is 12.1 Å². The molecular formula is C16H18ClNO2. The molecule has 1 aromatic carbocycles. The first-order valence-corrected chi connectivity index (χ1v) is 7.13. The fourth-order valence-corrected chi connectivity index (χ4v) is 2.00. The molecule has 0 bridgehead atoms. The Morgan fingerprint density at radius 2 is 2.00 bits per heavy atom. The van der Waals surface area contributed by atoms with Crippen LogP contribution in [0.4, 0.5) is 0 Å². The van der Waals surface area contributed by atoms with Crippen molar-refractivity contribution in [2.75, 3.05) is 6.61 Å². The highest BCUT2D eigenvalue weighted by atomic mass is 35.5. The first-order chi connectivity index (χ1) is 9.74. The Kier molecular flexibility index (Phi) is 5.24. The van der Waals surface area contributed by atoms with Crippen LogP contribution in [0.25, 0.3) is 0 Å². The summed E-state index contributed by atoms with van der Waals surface area (Å²) in [6.07, 6.45) is 1.77. The topological polar surface area (TPSA) is 31.4 Å². The van der Waals surface area contributed by atoms with Gasteiger partial charge in [-0.15, -0.1) is 11.6 Å². The summed E-state index contributed by atoms with van der Waals surface area (Å²) in [7, 11) is 0. The maximum atomic E-state index is 5.84. The summed E-state index contributed by atoms with van der Waals surface area (Å²) >= 11 is 5.84. The Morgan fingerprint density at radius 1 is 1.15 bits per heavy atom. The van der Waals surface area contributed by atoms with E-state index in [1.165, 1.54) is 0 Å². The maximum absolute atomic E-state index is 5.84. The second-order valence-electron chi connectivity index (χ2n) is 4.40. The molecule has 0 fully saturated rings. The number of hydrogen-bond acceptors (Lipinski definition) is 3. The highest BCUT2D eigenvalue weighted by Crippen LogP contribution is 2.29. The number of hydrogen-bond donors (Lipinski definition) is 0. The lowest BCUT2D eigenvalue weighted by Gasteiger charge is -2.13. The number of rotatable bonds is 6. The molecule has 2 rings (SSSR count). The number of ether oxygens (including phenoxy) is 2. The average Bonchev–Trinajstić information content (AvgIpc) is 2.47. The molecule has 0 saturated heterocycles. The van der Waals surface area contributed by atoms with Crippen molar-refractivity contribution < 1.29 is 9.47 Å². The van der Waals surface area contributed by atoms with Gasteiger partial charge in [0.05, 0.1) is 12.3 Å². The van der Waals surface area contributed by atoms with Gasteiger partial charge in [-0.05, 0) is 43.2 Å². The summed E-state index contributed by atoms with van der Waals surface area (Å²) in [6, 6.07) is 9.68. The quantitative estimate of drug-likeness (QED) is 0.751. The van der Waals surface area contributed by atoms with Gasteiger partial charge in [0.1, 0.15) is 6.61 Å². The van der Waals surface area contributed by atoms with Crippen LogP contribution in [0.15, 0.2) is 36.5 Å². The van der Waals surface area contributed by atoms with Crippen molar-refractivity contribution in [2.24, 2.45) is 0 Å². The Labute approximate surface area is 124 Å². The van der Waals surface area contributed by atoms with Crippen molar-refractivity contribution in [3.05, 3.63) is 53.3 Å². The van der Waals surface area contributed by atoms with E-state index in [1.54, 1.807) is 6.20 Å². The van der Waals surface area contributed by atoms with E-state index in [4.69, 9.17) is 21.1 Å². The minimum Gasteiger partial charge on any atom is -0.490 e. The SMILES string of the molecule is CCOc1cc(CCl)ccc1OCc1ncccc1C. The third-order valence-electron chi connectivity index (χ3n) is 2.94. The molecule has 0 unspecified atom stereocenters. The van der Waals surface area contributed by atoms with Crippen LogP contribution in [0.1, 0.15) is 23.7 Å². The van der Waals surface area contributed by atoms with E-state index in [1.807, 2.05) is 44.2 Å². The molecule has 0 amide bonds. The average molecular weight is 292 g/mol. The van der Waals surface area contributed by atoms with Crippen molar-refractivity contribution in [3.8, 4) is 11.5 Å². The highest BCUT2D eigenvalue weighted by molar-refractivity contribution is 6.17. The molecule has 106 valence electrons. The van der Waals surface area contributed by atoms with E-state index >= 15 is 0 Å². The number of nitrogens with zero attached hydrogens (tertiary/aromatic N) is 1. The molecule has 0 atom stereocenters. The van der Waals surface area contributed by atoms with Gasteiger partial charge in [-0.2, -0.15) is 0 Å². The molecule has 20 heavy (non-hydrogen) atoms. The Balaban J connectivity index is 2.14. The van der Waals surface area contributed by atoms with Crippen LogP contribution in [0.5, 0.6) is 11.5 Å². The number of pyridine rings is 1. The largest absolute Gasteiger partial charge is 0.490 e. The summed E-state index contributed by atoms with van der Waals surface area (Å²) in [6.45, 7) is 4.98. The molecule has 2 aromatic rings. The highest BCUT2D eigenvalue weighted by Gasteiger charge is 2.08. The van der Waals surface area contributed by atoms with E-state index in [2.05, 4.69) is 4.98 Å². The minimum atomic E-state index is 0.424. The third kappa shape index (κ3) is 3.64. The van der Waals surface area contributed by atoms with Crippen molar-refractivity contribution in [1.82, 2.24) is 4.98 Å². The molecule has 0 radical (unpaired) electrons. The van der Waals surface area contributed by atoms with Crippen LogP contribution in [0, 0.1) is 6.92 Å². The van der Waals surface area contributed by atoms with Crippen LogP contribution in [0.2, 0.25) is 0 Å². The monoisotopic (exact) mass is 291 g/mol. The molecule has 4 heteroatoms. The van der Waals surface area contributed by atoms with Gasteiger partial charge in [-0.3, -0.25) is 4.98 Å². The minimum absolute atomic E-state index is 0.424. The van der Waals surface area contributed by atoms with E-state index in [0.717, 1.165) is 22.6 Å². The van der Waals surface area contributed by atoms with Crippen LogP contribution >= 0.6 is 11.6 Å². The van der Waals surface area contributed by atoms with Crippen LogP contribution in [0.3, 0.4) is 0 Å². The normalized spacial score (nSPS) is 10.3. The van der Waals surface area contributed by atoms with Gasteiger partial charge in [-0.25, -0.2) is 0 Å². The Bertz CT molecular complexity index is 572.